The Bertz CT molecular complexity index is 870. The topological polar surface area (TPSA) is 46.9 Å². The number of hydrogen-bond acceptors (Lipinski definition) is 3. The van der Waals surface area contributed by atoms with Crippen molar-refractivity contribution in [3.8, 4) is 0 Å². The fourth-order valence-corrected chi connectivity index (χ4v) is 3.66. The van der Waals surface area contributed by atoms with Crippen molar-refractivity contribution in [1.29, 1.82) is 0 Å². The summed E-state index contributed by atoms with van der Waals surface area (Å²) in [6, 6.07) is 17.9. The molecule has 1 amide bonds. The molecule has 128 valence electrons. The number of rotatable bonds is 5. The third kappa shape index (κ3) is 3.94. The minimum absolute atomic E-state index is 0.131. The molecule has 0 aliphatic carbocycles. The lowest BCUT2D eigenvalue weighted by molar-refractivity contribution is 0.102. The van der Waals surface area contributed by atoms with Crippen molar-refractivity contribution in [1.82, 2.24) is 9.78 Å². The van der Waals surface area contributed by atoms with Crippen molar-refractivity contribution >= 4 is 23.4 Å². The molecule has 3 rings (SSSR count). The Balaban J connectivity index is 1.86. The van der Waals surface area contributed by atoms with E-state index in [0.29, 0.717) is 5.56 Å². The molecule has 0 fully saturated rings. The van der Waals surface area contributed by atoms with Crippen LogP contribution in [0.4, 0.5) is 5.69 Å². The molecule has 0 unspecified atom stereocenters. The summed E-state index contributed by atoms with van der Waals surface area (Å²) < 4.78 is 1.77. The summed E-state index contributed by atoms with van der Waals surface area (Å²) in [7, 11) is 1.87. The van der Waals surface area contributed by atoms with Gasteiger partial charge >= 0.3 is 0 Å². The average molecular weight is 351 g/mol. The molecule has 4 nitrogen and oxygen atoms in total. The fraction of sp³-hybridized carbons (Fsp3) is 0.200. The van der Waals surface area contributed by atoms with Gasteiger partial charge in [-0.05, 0) is 43.2 Å². The maximum atomic E-state index is 12.8. The van der Waals surface area contributed by atoms with Crippen molar-refractivity contribution in [3.05, 3.63) is 71.4 Å². The monoisotopic (exact) mass is 351 g/mol. The van der Waals surface area contributed by atoms with Gasteiger partial charge in [0.2, 0.25) is 0 Å². The van der Waals surface area contributed by atoms with Crippen molar-refractivity contribution in [2.75, 3.05) is 5.32 Å². The minimum atomic E-state index is -0.131. The van der Waals surface area contributed by atoms with Crippen molar-refractivity contribution in [2.24, 2.45) is 7.05 Å². The normalized spacial score (nSPS) is 10.7. The maximum Gasteiger partial charge on any atom is 0.260 e. The number of anilines is 1. The van der Waals surface area contributed by atoms with Crippen LogP contribution in [0.15, 0.2) is 64.5 Å². The van der Waals surface area contributed by atoms with Crippen LogP contribution in [0.5, 0.6) is 0 Å². The molecule has 2 aromatic carbocycles. The van der Waals surface area contributed by atoms with E-state index < -0.39 is 0 Å². The molecular weight excluding hydrogens is 330 g/mol. The largest absolute Gasteiger partial charge is 0.322 e. The van der Waals surface area contributed by atoms with Crippen molar-refractivity contribution in [3.63, 3.8) is 0 Å². The molecule has 0 aliphatic heterocycles. The van der Waals surface area contributed by atoms with E-state index >= 15 is 0 Å². The summed E-state index contributed by atoms with van der Waals surface area (Å²) >= 11 is 1.55. The molecule has 0 atom stereocenters. The Morgan fingerprint density at radius 3 is 2.44 bits per heavy atom. The molecule has 1 heterocycles. The Kier molecular flexibility index (Phi) is 5.24. The van der Waals surface area contributed by atoms with Crippen LogP contribution in [0.2, 0.25) is 0 Å². The molecule has 25 heavy (non-hydrogen) atoms. The standard InChI is InChI=1S/C20H21N3OS/c1-4-15-10-12-16(13-11-15)21-19(24)18-14(2)22-23(3)20(18)25-17-8-6-5-7-9-17/h5-13H,4H2,1-3H3,(H,21,24). The molecule has 0 saturated heterocycles. The van der Waals surface area contributed by atoms with Gasteiger partial charge in [0, 0.05) is 17.6 Å². The molecular formula is C20H21N3OS. The highest BCUT2D eigenvalue weighted by Gasteiger charge is 2.21. The predicted molar refractivity (Wildman–Crippen MR) is 102 cm³/mol. The molecule has 0 aliphatic rings. The summed E-state index contributed by atoms with van der Waals surface area (Å²) in [5.41, 5.74) is 3.39. The van der Waals surface area contributed by atoms with E-state index in [2.05, 4.69) is 17.3 Å². The lowest BCUT2D eigenvalue weighted by Gasteiger charge is -2.08. The number of hydrogen-bond donors (Lipinski definition) is 1. The van der Waals surface area contributed by atoms with Crippen molar-refractivity contribution < 1.29 is 4.79 Å². The second-order valence-corrected chi connectivity index (χ2v) is 6.87. The Morgan fingerprint density at radius 1 is 1.12 bits per heavy atom. The van der Waals surface area contributed by atoms with Gasteiger partial charge in [0.05, 0.1) is 11.3 Å². The average Bonchev–Trinajstić information content (AvgIpc) is 2.90. The van der Waals surface area contributed by atoms with E-state index in [1.807, 2.05) is 68.6 Å². The van der Waals surface area contributed by atoms with Crippen molar-refractivity contribution in [2.45, 2.75) is 30.2 Å². The van der Waals surface area contributed by atoms with E-state index in [0.717, 1.165) is 27.7 Å². The number of carbonyl (C=O) groups is 1. The van der Waals surface area contributed by atoms with Gasteiger partial charge in [-0.15, -0.1) is 0 Å². The Hall–Kier alpha value is -2.53. The van der Waals surface area contributed by atoms with Crippen LogP contribution in [0, 0.1) is 6.92 Å². The van der Waals surface area contributed by atoms with Crippen LogP contribution in [0.25, 0.3) is 0 Å². The van der Waals surface area contributed by atoms with Crippen LogP contribution in [-0.4, -0.2) is 15.7 Å². The first kappa shape index (κ1) is 17.3. The first-order valence-electron chi connectivity index (χ1n) is 8.25. The van der Waals surface area contributed by atoms with Gasteiger partial charge in [0.15, 0.2) is 0 Å². The third-order valence-corrected chi connectivity index (χ3v) is 5.14. The van der Waals surface area contributed by atoms with E-state index in [4.69, 9.17) is 0 Å². The summed E-state index contributed by atoms with van der Waals surface area (Å²) in [5, 5.41) is 8.26. The zero-order chi connectivity index (χ0) is 17.8. The van der Waals surface area contributed by atoms with E-state index in [1.54, 1.807) is 16.4 Å². The second-order valence-electron chi connectivity index (χ2n) is 5.81. The van der Waals surface area contributed by atoms with Gasteiger partial charge in [0.1, 0.15) is 5.03 Å². The summed E-state index contributed by atoms with van der Waals surface area (Å²) in [6.45, 7) is 3.98. The van der Waals surface area contributed by atoms with E-state index in [9.17, 15) is 4.79 Å². The maximum absolute atomic E-state index is 12.8. The van der Waals surface area contributed by atoms with Gasteiger partial charge in [-0.2, -0.15) is 5.10 Å². The number of nitrogens with one attached hydrogen (secondary N) is 1. The number of nitrogens with zero attached hydrogens (tertiary/aromatic N) is 2. The third-order valence-electron chi connectivity index (χ3n) is 3.97. The molecule has 3 aromatic rings. The van der Waals surface area contributed by atoms with Crippen LogP contribution in [-0.2, 0) is 13.5 Å². The number of aryl methyl sites for hydroxylation is 3. The van der Waals surface area contributed by atoms with Gasteiger partial charge in [-0.1, -0.05) is 49.0 Å². The molecule has 1 N–H and O–H groups in total. The zero-order valence-electron chi connectivity index (χ0n) is 14.6. The van der Waals surface area contributed by atoms with Gasteiger partial charge in [0.25, 0.3) is 5.91 Å². The zero-order valence-corrected chi connectivity index (χ0v) is 15.4. The summed E-state index contributed by atoms with van der Waals surface area (Å²) in [6.07, 6.45) is 0.980. The Labute approximate surface area is 152 Å². The molecule has 0 spiro atoms. The Morgan fingerprint density at radius 2 is 1.80 bits per heavy atom. The van der Waals surface area contributed by atoms with E-state index in [-0.39, 0.29) is 5.91 Å². The summed E-state index contributed by atoms with van der Waals surface area (Å²) in [5.74, 6) is -0.131. The SMILES string of the molecule is CCc1ccc(NC(=O)c2c(C)nn(C)c2Sc2ccccc2)cc1. The highest BCUT2D eigenvalue weighted by Crippen LogP contribution is 2.32. The quantitative estimate of drug-likeness (QED) is 0.725. The number of carbonyl (C=O) groups excluding carboxylic acids is 1. The second kappa shape index (κ2) is 7.57. The first-order chi connectivity index (χ1) is 12.1. The van der Waals surface area contributed by atoms with Crippen LogP contribution in [0.3, 0.4) is 0 Å². The fourth-order valence-electron chi connectivity index (χ4n) is 2.63. The lowest BCUT2D eigenvalue weighted by Crippen LogP contribution is -2.13. The first-order valence-corrected chi connectivity index (χ1v) is 9.07. The lowest BCUT2D eigenvalue weighted by atomic mass is 10.1. The highest BCUT2D eigenvalue weighted by atomic mass is 32.2. The molecule has 0 radical (unpaired) electrons. The van der Waals surface area contributed by atoms with Crippen LogP contribution in [0.1, 0.15) is 28.5 Å². The van der Waals surface area contributed by atoms with Gasteiger partial charge in [-0.3, -0.25) is 9.48 Å². The number of amides is 1. The molecule has 0 saturated carbocycles. The smallest absolute Gasteiger partial charge is 0.260 e. The minimum Gasteiger partial charge on any atom is -0.322 e. The number of benzene rings is 2. The van der Waals surface area contributed by atoms with E-state index in [1.165, 1.54) is 5.56 Å². The van der Waals surface area contributed by atoms with Crippen LogP contribution < -0.4 is 5.32 Å². The predicted octanol–water partition coefficient (Wildman–Crippen LogP) is 4.69. The van der Waals surface area contributed by atoms with Gasteiger partial charge < -0.3 is 5.32 Å². The molecule has 1 aromatic heterocycles. The van der Waals surface area contributed by atoms with Gasteiger partial charge in [-0.25, -0.2) is 0 Å². The van der Waals surface area contributed by atoms with Crippen LogP contribution >= 0.6 is 11.8 Å². The summed E-state index contributed by atoms with van der Waals surface area (Å²) in [4.78, 5) is 13.9. The molecule has 0 bridgehead atoms. The molecule has 5 heteroatoms. The highest BCUT2D eigenvalue weighted by molar-refractivity contribution is 7.99. The number of aromatic nitrogens is 2.